The highest BCUT2D eigenvalue weighted by Gasteiger charge is 2.23. The third kappa shape index (κ3) is 3.27. The second kappa shape index (κ2) is 5.19. The lowest BCUT2D eigenvalue weighted by Gasteiger charge is -2.04. The summed E-state index contributed by atoms with van der Waals surface area (Å²) in [6.07, 6.45) is 3.97. The van der Waals surface area contributed by atoms with Gasteiger partial charge in [-0.1, -0.05) is 0 Å². The van der Waals surface area contributed by atoms with E-state index in [9.17, 15) is 8.42 Å². The first-order valence-corrected chi connectivity index (χ1v) is 8.27. The fourth-order valence-electron chi connectivity index (χ4n) is 2.02. The van der Waals surface area contributed by atoms with Crippen molar-refractivity contribution in [2.45, 2.75) is 37.4 Å². The summed E-state index contributed by atoms with van der Waals surface area (Å²) in [5.74, 6) is 0.616. The van der Waals surface area contributed by atoms with E-state index in [2.05, 4.69) is 15.1 Å². The molecule has 2 N–H and O–H groups in total. The molecule has 0 unspecified atom stereocenters. The number of nitrogens with zero attached hydrogens (tertiary/aromatic N) is 2. The van der Waals surface area contributed by atoms with Gasteiger partial charge in [-0.3, -0.25) is 9.40 Å². The van der Waals surface area contributed by atoms with Crippen LogP contribution in [0, 0.1) is 6.92 Å². The van der Waals surface area contributed by atoms with Crippen molar-refractivity contribution in [3.63, 3.8) is 0 Å². The monoisotopic (exact) mass is 310 g/mol. The van der Waals surface area contributed by atoms with Crippen LogP contribution in [0.5, 0.6) is 0 Å². The molecule has 1 fully saturated rings. The molecule has 0 spiro atoms. The van der Waals surface area contributed by atoms with Crippen LogP contribution in [0.15, 0.2) is 27.8 Å². The van der Waals surface area contributed by atoms with Crippen molar-refractivity contribution in [3.05, 3.63) is 29.8 Å². The molecule has 0 aliphatic heterocycles. The summed E-state index contributed by atoms with van der Waals surface area (Å²) in [5, 5.41) is 7.29. The maximum atomic E-state index is 12.3. The summed E-state index contributed by atoms with van der Waals surface area (Å²) in [6.45, 7) is 2.29. The molecule has 0 radical (unpaired) electrons. The first kappa shape index (κ1) is 14.2. The lowest BCUT2D eigenvalue weighted by molar-refractivity contribution is 0.403. The molecule has 7 nitrogen and oxygen atoms in total. The smallest absolute Gasteiger partial charge is 0.295 e. The lowest BCUT2D eigenvalue weighted by Crippen LogP contribution is -2.15. The number of sulfonamides is 1. The minimum Gasteiger partial charge on any atom is -0.446 e. The molecule has 21 heavy (non-hydrogen) atoms. The molecule has 1 aliphatic carbocycles. The summed E-state index contributed by atoms with van der Waals surface area (Å²) in [6, 6.07) is 3.70. The maximum Gasteiger partial charge on any atom is 0.295 e. The van der Waals surface area contributed by atoms with Crippen LogP contribution in [0.25, 0.3) is 0 Å². The Hall–Kier alpha value is -1.80. The zero-order valence-corrected chi connectivity index (χ0v) is 12.8. The molecular formula is C13H18N4O3S. The highest BCUT2D eigenvalue weighted by Crippen LogP contribution is 2.22. The van der Waals surface area contributed by atoms with Crippen molar-refractivity contribution in [1.29, 1.82) is 0 Å². The summed E-state index contributed by atoms with van der Waals surface area (Å²) in [4.78, 5) is 0. The van der Waals surface area contributed by atoms with Gasteiger partial charge in [-0.15, -0.1) is 0 Å². The van der Waals surface area contributed by atoms with E-state index in [0.29, 0.717) is 29.7 Å². The number of rotatable bonds is 6. The Bertz CT molecular complexity index is 743. The molecule has 1 saturated carbocycles. The Morgan fingerprint density at radius 3 is 2.81 bits per heavy atom. The summed E-state index contributed by atoms with van der Waals surface area (Å²) < 4.78 is 34.0. The molecule has 114 valence electrons. The van der Waals surface area contributed by atoms with Crippen LogP contribution in [0.4, 0.5) is 5.69 Å². The molecule has 0 amide bonds. The van der Waals surface area contributed by atoms with Gasteiger partial charge in [0.25, 0.3) is 10.0 Å². The van der Waals surface area contributed by atoms with E-state index < -0.39 is 10.0 Å². The SMILES string of the molecule is Cc1nn(C)cc1NS(=O)(=O)c1ccc(CNC2CC2)o1. The van der Waals surface area contributed by atoms with Crippen LogP contribution < -0.4 is 10.0 Å². The Morgan fingerprint density at radius 2 is 2.19 bits per heavy atom. The maximum absolute atomic E-state index is 12.3. The van der Waals surface area contributed by atoms with E-state index in [0.717, 1.165) is 0 Å². The predicted molar refractivity (Wildman–Crippen MR) is 77.3 cm³/mol. The number of nitrogens with one attached hydrogen (secondary N) is 2. The normalized spacial score (nSPS) is 15.3. The molecule has 2 heterocycles. The summed E-state index contributed by atoms with van der Waals surface area (Å²) in [5.41, 5.74) is 1.06. The third-order valence-corrected chi connectivity index (χ3v) is 4.54. The van der Waals surface area contributed by atoms with Crippen LogP contribution in [0.1, 0.15) is 24.3 Å². The average Bonchev–Trinajstić information content (AvgIpc) is 3.01. The van der Waals surface area contributed by atoms with Gasteiger partial charge in [-0.25, -0.2) is 0 Å². The number of hydrogen-bond acceptors (Lipinski definition) is 5. The second-order valence-corrected chi connectivity index (χ2v) is 6.90. The molecule has 0 saturated heterocycles. The van der Waals surface area contributed by atoms with E-state index in [1.165, 1.54) is 18.9 Å². The Labute approximate surface area is 123 Å². The zero-order valence-electron chi connectivity index (χ0n) is 12.0. The van der Waals surface area contributed by atoms with Gasteiger partial charge in [-0.2, -0.15) is 13.5 Å². The Balaban J connectivity index is 1.73. The van der Waals surface area contributed by atoms with Crippen LogP contribution in [-0.2, 0) is 23.6 Å². The summed E-state index contributed by atoms with van der Waals surface area (Å²) in [7, 11) is -1.99. The largest absolute Gasteiger partial charge is 0.446 e. The third-order valence-electron chi connectivity index (χ3n) is 3.30. The molecule has 0 bridgehead atoms. The minimum absolute atomic E-state index is 0.0849. The fourth-order valence-corrected chi connectivity index (χ4v) is 3.08. The summed E-state index contributed by atoms with van der Waals surface area (Å²) >= 11 is 0. The molecule has 0 atom stereocenters. The van der Waals surface area contributed by atoms with E-state index >= 15 is 0 Å². The van der Waals surface area contributed by atoms with Gasteiger partial charge in [0, 0.05) is 19.3 Å². The number of anilines is 1. The van der Waals surface area contributed by atoms with Crippen LogP contribution in [0.3, 0.4) is 0 Å². The standard InChI is InChI=1S/C13H18N4O3S/c1-9-12(8-17(2)15-9)16-21(18,19)13-6-5-11(20-13)7-14-10-3-4-10/h5-6,8,10,14,16H,3-4,7H2,1-2H3. The van der Waals surface area contributed by atoms with Crippen molar-refractivity contribution >= 4 is 15.7 Å². The van der Waals surface area contributed by atoms with Gasteiger partial charge in [-0.05, 0) is 31.9 Å². The minimum atomic E-state index is -3.72. The van der Waals surface area contributed by atoms with Gasteiger partial charge in [0.2, 0.25) is 5.09 Å². The highest BCUT2D eigenvalue weighted by atomic mass is 32.2. The first-order chi connectivity index (χ1) is 9.94. The van der Waals surface area contributed by atoms with Crippen molar-refractivity contribution in [2.24, 2.45) is 7.05 Å². The topological polar surface area (TPSA) is 89.2 Å². The first-order valence-electron chi connectivity index (χ1n) is 6.79. The van der Waals surface area contributed by atoms with Gasteiger partial charge < -0.3 is 9.73 Å². The quantitative estimate of drug-likeness (QED) is 0.841. The number of aromatic nitrogens is 2. The van der Waals surface area contributed by atoms with Crippen molar-refractivity contribution in [2.75, 3.05) is 4.72 Å². The van der Waals surface area contributed by atoms with E-state index in [-0.39, 0.29) is 5.09 Å². The predicted octanol–water partition coefficient (Wildman–Crippen LogP) is 1.37. The molecule has 1 aliphatic rings. The van der Waals surface area contributed by atoms with Crippen LogP contribution in [0.2, 0.25) is 0 Å². The fraction of sp³-hybridized carbons (Fsp3) is 0.462. The number of furan rings is 1. The highest BCUT2D eigenvalue weighted by molar-refractivity contribution is 7.92. The average molecular weight is 310 g/mol. The Morgan fingerprint density at radius 1 is 1.43 bits per heavy atom. The Kier molecular flexibility index (Phi) is 3.50. The molecule has 8 heteroatoms. The molecule has 2 aromatic rings. The van der Waals surface area contributed by atoms with Gasteiger partial charge in [0.05, 0.1) is 17.9 Å². The number of hydrogen-bond donors (Lipinski definition) is 2. The van der Waals surface area contributed by atoms with E-state index in [4.69, 9.17) is 4.42 Å². The van der Waals surface area contributed by atoms with Gasteiger partial charge >= 0.3 is 0 Å². The van der Waals surface area contributed by atoms with Crippen molar-refractivity contribution in [1.82, 2.24) is 15.1 Å². The molecule has 0 aromatic carbocycles. The van der Waals surface area contributed by atoms with Crippen molar-refractivity contribution < 1.29 is 12.8 Å². The molecular weight excluding hydrogens is 292 g/mol. The lowest BCUT2D eigenvalue weighted by atomic mass is 10.4. The number of aryl methyl sites for hydroxylation is 2. The van der Waals surface area contributed by atoms with Gasteiger partial charge in [0.1, 0.15) is 5.76 Å². The van der Waals surface area contributed by atoms with Crippen LogP contribution >= 0.6 is 0 Å². The van der Waals surface area contributed by atoms with Gasteiger partial charge in [0.15, 0.2) is 0 Å². The van der Waals surface area contributed by atoms with Crippen molar-refractivity contribution in [3.8, 4) is 0 Å². The molecule has 2 aromatic heterocycles. The zero-order chi connectivity index (χ0) is 15.0. The van der Waals surface area contributed by atoms with E-state index in [1.54, 1.807) is 30.9 Å². The second-order valence-electron chi connectivity index (χ2n) is 5.28. The van der Waals surface area contributed by atoms with Crippen LogP contribution in [-0.4, -0.2) is 24.2 Å². The molecule has 3 rings (SSSR count). The van der Waals surface area contributed by atoms with E-state index in [1.807, 2.05) is 0 Å².